The Morgan fingerprint density at radius 2 is 2.05 bits per heavy atom. The van der Waals surface area contributed by atoms with Crippen molar-refractivity contribution in [1.82, 2.24) is 15.0 Å². The summed E-state index contributed by atoms with van der Waals surface area (Å²) >= 11 is 3.41. The van der Waals surface area contributed by atoms with Crippen LogP contribution in [0.15, 0.2) is 35.2 Å². The molecule has 2 aromatic rings. The molecule has 0 radical (unpaired) electrons. The summed E-state index contributed by atoms with van der Waals surface area (Å²) in [5.74, 6) is 1.99. The fourth-order valence-electron chi connectivity index (χ4n) is 2.68. The second-order valence-corrected chi connectivity index (χ2v) is 6.40. The number of nitrogens with zero attached hydrogens (tertiary/aromatic N) is 4. The summed E-state index contributed by atoms with van der Waals surface area (Å²) in [7, 11) is 0. The number of pyridine rings is 1. The van der Waals surface area contributed by atoms with Gasteiger partial charge in [0.2, 0.25) is 0 Å². The highest BCUT2D eigenvalue weighted by molar-refractivity contribution is 9.10. The molecule has 1 saturated heterocycles. The van der Waals surface area contributed by atoms with Crippen molar-refractivity contribution in [3.63, 3.8) is 0 Å². The standard InChI is InChI=1S/C16H20BrN5/c1-2-13-9-16(20-11-19-13)22-7-5-14(6-8-22)21-15-4-3-12(17)10-18-15/h3-4,9-11,14H,2,5-8H2,1H3,(H,18,21). The molecule has 3 rings (SSSR count). The van der Waals surface area contributed by atoms with Gasteiger partial charge in [0.25, 0.3) is 0 Å². The van der Waals surface area contributed by atoms with Gasteiger partial charge in [-0.15, -0.1) is 0 Å². The van der Waals surface area contributed by atoms with Gasteiger partial charge in [0, 0.05) is 41.6 Å². The average molecular weight is 362 g/mol. The van der Waals surface area contributed by atoms with Gasteiger partial charge in [0.05, 0.1) is 0 Å². The lowest BCUT2D eigenvalue weighted by atomic mass is 10.0. The SMILES string of the molecule is CCc1cc(N2CCC(Nc3ccc(Br)cn3)CC2)ncn1. The fourth-order valence-corrected chi connectivity index (χ4v) is 2.91. The number of aromatic nitrogens is 3. The van der Waals surface area contributed by atoms with Gasteiger partial charge in [0.15, 0.2) is 0 Å². The van der Waals surface area contributed by atoms with Gasteiger partial charge in [-0.25, -0.2) is 15.0 Å². The van der Waals surface area contributed by atoms with Crippen molar-refractivity contribution in [3.8, 4) is 0 Å². The highest BCUT2D eigenvalue weighted by atomic mass is 79.9. The van der Waals surface area contributed by atoms with Crippen molar-refractivity contribution in [1.29, 1.82) is 0 Å². The number of halogens is 1. The molecule has 22 heavy (non-hydrogen) atoms. The molecule has 1 aliphatic rings. The molecule has 116 valence electrons. The Labute approximate surface area is 139 Å². The fraction of sp³-hybridized carbons (Fsp3) is 0.438. The number of aryl methyl sites for hydroxylation is 1. The van der Waals surface area contributed by atoms with Crippen molar-refractivity contribution in [2.45, 2.75) is 32.2 Å². The van der Waals surface area contributed by atoms with Crippen LogP contribution < -0.4 is 10.2 Å². The van der Waals surface area contributed by atoms with Gasteiger partial charge in [-0.05, 0) is 47.3 Å². The molecule has 6 heteroatoms. The van der Waals surface area contributed by atoms with Gasteiger partial charge >= 0.3 is 0 Å². The quantitative estimate of drug-likeness (QED) is 0.905. The van der Waals surface area contributed by atoms with E-state index in [9.17, 15) is 0 Å². The highest BCUT2D eigenvalue weighted by Crippen LogP contribution is 2.20. The molecule has 0 bridgehead atoms. The Balaban J connectivity index is 1.56. The molecule has 0 aromatic carbocycles. The smallest absolute Gasteiger partial charge is 0.132 e. The highest BCUT2D eigenvalue weighted by Gasteiger charge is 2.20. The van der Waals surface area contributed by atoms with E-state index in [4.69, 9.17) is 0 Å². The summed E-state index contributed by atoms with van der Waals surface area (Å²) < 4.78 is 1.00. The minimum absolute atomic E-state index is 0.470. The largest absolute Gasteiger partial charge is 0.367 e. The third-order valence-electron chi connectivity index (χ3n) is 3.97. The maximum atomic E-state index is 4.41. The van der Waals surface area contributed by atoms with E-state index < -0.39 is 0 Å². The molecular formula is C16H20BrN5. The first-order valence-electron chi connectivity index (χ1n) is 7.68. The van der Waals surface area contributed by atoms with Gasteiger partial charge in [-0.2, -0.15) is 0 Å². The van der Waals surface area contributed by atoms with E-state index in [1.54, 1.807) is 6.33 Å². The molecule has 1 fully saturated rings. The number of hydrogen-bond donors (Lipinski definition) is 1. The van der Waals surface area contributed by atoms with Crippen molar-refractivity contribution in [3.05, 3.63) is 40.9 Å². The summed E-state index contributed by atoms with van der Waals surface area (Å²) in [6.45, 7) is 4.14. The number of anilines is 2. The molecule has 0 aliphatic carbocycles. The Hall–Kier alpha value is -1.69. The van der Waals surface area contributed by atoms with Crippen LogP contribution in [0.5, 0.6) is 0 Å². The monoisotopic (exact) mass is 361 g/mol. The first-order chi connectivity index (χ1) is 10.7. The van der Waals surface area contributed by atoms with Crippen LogP contribution in [0, 0.1) is 0 Å². The first kappa shape index (κ1) is 15.2. The van der Waals surface area contributed by atoms with E-state index >= 15 is 0 Å². The van der Waals surface area contributed by atoms with Crippen molar-refractivity contribution in [2.75, 3.05) is 23.3 Å². The molecule has 1 aliphatic heterocycles. The number of rotatable bonds is 4. The maximum absolute atomic E-state index is 4.41. The lowest BCUT2D eigenvalue weighted by molar-refractivity contribution is 0.522. The Morgan fingerprint density at radius 1 is 1.23 bits per heavy atom. The van der Waals surface area contributed by atoms with E-state index in [0.717, 1.165) is 54.2 Å². The zero-order valence-electron chi connectivity index (χ0n) is 12.7. The van der Waals surface area contributed by atoms with E-state index in [2.05, 4.69) is 54.1 Å². The Bertz CT molecular complexity index is 608. The molecule has 0 spiro atoms. The summed E-state index contributed by atoms with van der Waals surface area (Å²) in [5.41, 5.74) is 1.10. The minimum Gasteiger partial charge on any atom is -0.367 e. The van der Waals surface area contributed by atoms with Crippen LogP contribution in [0.1, 0.15) is 25.5 Å². The van der Waals surface area contributed by atoms with Crippen molar-refractivity contribution in [2.24, 2.45) is 0 Å². The van der Waals surface area contributed by atoms with Crippen molar-refractivity contribution >= 4 is 27.6 Å². The normalized spacial score (nSPS) is 15.8. The molecule has 0 atom stereocenters. The van der Waals surface area contributed by atoms with E-state index in [1.807, 2.05) is 18.3 Å². The molecule has 0 unspecified atom stereocenters. The van der Waals surface area contributed by atoms with E-state index in [1.165, 1.54) is 0 Å². The van der Waals surface area contributed by atoms with Crippen LogP contribution in [-0.2, 0) is 6.42 Å². The van der Waals surface area contributed by atoms with Crippen LogP contribution in [0.3, 0.4) is 0 Å². The van der Waals surface area contributed by atoms with Crippen LogP contribution in [0.25, 0.3) is 0 Å². The van der Waals surface area contributed by atoms with E-state index in [-0.39, 0.29) is 0 Å². The molecule has 2 aromatic heterocycles. The maximum Gasteiger partial charge on any atom is 0.132 e. The first-order valence-corrected chi connectivity index (χ1v) is 8.48. The third-order valence-corrected chi connectivity index (χ3v) is 4.44. The second-order valence-electron chi connectivity index (χ2n) is 5.49. The topological polar surface area (TPSA) is 53.9 Å². The number of piperidine rings is 1. The predicted octanol–water partition coefficient (Wildman–Crippen LogP) is 3.28. The molecule has 0 saturated carbocycles. The second kappa shape index (κ2) is 7.05. The van der Waals surface area contributed by atoms with Crippen LogP contribution >= 0.6 is 15.9 Å². The van der Waals surface area contributed by atoms with Crippen LogP contribution in [0.2, 0.25) is 0 Å². The minimum atomic E-state index is 0.470. The molecule has 1 N–H and O–H groups in total. The molecular weight excluding hydrogens is 342 g/mol. The Kier molecular flexibility index (Phi) is 4.87. The van der Waals surface area contributed by atoms with Crippen molar-refractivity contribution < 1.29 is 0 Å². The average Bonchev–Trinajstić information content (AvgIpc) is 2.58. The predicted molar refractivity (Wildman–Crippen MR) is 92.2 cm³/mol. The molecule has 5 nitrogen and oxygen atoms in total. The van der Waals surface area contributed by atoms with Gasteiger partial charge in [-0.1, -0.05) is 6.92 Å². The van der Waals surface area contributed by atoms with Gasteiger partial charge in [-0.3, -0.25) is 0 Å². The molecule has 0 amide bonds. The zero-order valence-corrected chi connectivity index (χ0v) is 14.3. The summed E-state index contributed by atoms with van der Waals surface area (Å²) in [4.78, 5) is 15.4. The lowest BCUT2D eigenvalue weighted by Gasteiger charge is -2.33. The summed E-state index contributed by atoms with van der Waals surface area (Å²) in [6, 6.07) is 6.59. The number of nitrogens with one attached hydrogen (secondary N) is 1. The molecule has 3 heterocycles. The third kappa shape index (κ3) is 3.74. The zero-order chi connectivity index (χ0) is 15.4. The Morgan fingerprint density at radius 3 is 2.73 bits per heavy atom. The van der Waals surface area contributed by atoms with Gasteiger partial charge < -0.3 is 10.2 Å². The summed E-state index contributed by atoms with van der Waals surface area (Å²) in [6.07, 6.45) is 6.62. The summed E-state index contributed by atoms with van der Waals surface area (Å²) in [5, 5.41) is 3.51. The van der Waals surface area contributed by atoms with E-state index in [0.29, 0.717) is 6.04 Å². The van der Waals surface area contributed by atoms with Crippen LogP contribution in [0.4, 0.5) is 11.6 Å². The number of hydrogen-bond acceptors (Lipinski definition) is 5. The van der Waals surface area contributed by atoms with Crippen LogP contribution in [-0.4, -0.2) is 34.1 Å². The van der Waals surface area contributed by atoms with Gasteiger partial charge in [0.1, 0.15) is 18.0 Å². The lowest BCUT2D eigenvalue weighted by Crippen LogP contribution is -2.39.